The molecule has 2 heterocycles. The molecule has 0 bridgehead atoms. The summed E-state index contributed by atoms with van der Waals surface area (Å²) in [6.45, 7) is 0. The van der Waals surface area contributed by atoms with E-state index in [2.05, 4.69) is 21.3 Å². The van der Waals surface area contributed by atoms with Gasteiger partial charge in [-0.25, -0.2) is 0 Å². The van der Waals surface area contributed by atoms with E-state index in [0.29, 0.717) is 5.52 Å². The van der Waals surface area contributed by atoms with Crippen LogP contribution in [-0.2, 0) is 7.05 Å². The highest BCUT2D eigenvalue weighted by atomic mass is 27.0. The second-order valence-corrected chi connectivity index (χ2v) is 3.39. The van der Waals surface area contributed by atoms with Gasteiger partial charge in [0, 0.05) is 13.2 Å². The third-order valence-corrected chi connectivity index (χ3v) is 2.39. The SMILES string of the molecule is Cn1c[c]([Al])c2cc[nH]c2c1=O. The van der Waals surface area contributed by atoms with Crippen molar-refractivity contribution >= 4 is 31.6 Å². The highest BCUT2D eigenvalue weighted by Crippen LogP contribution is 2.01. The quantitative estimate of drug-likeness (QED) is 0.545. The van der Waals surface area contributed by atoms with Crippen LogP contribution in [-0.4, -0.2) is 25.8 Å². The van der Waals surface area contributed by atoms with Gasteiger partial charge in [-0.15, -0.1) is 4.43 Å². The van der Waals surface area contributed by atoms with Crippen molar-refractivity contribution in [3.8, 4) is 0 Å². The minimum absolute atomic E-state index is 0.0150. The van der Waals surface area contributed by atoms with Crippen molar-refractivity contribution in [1.29, 1.82) is 0 Å². The van der Waals surface area contributed by atoms with Gasteiger partial charge in [0.2, 0.25) is 0 Å². The van der Waals surface area contributed by atoms with Gasteiger partial charge < -0.3 is 9.55 Å². The number of hydrogen-bond acceptors (Lipinski definition) is 1. The first-order valence-corrected chi connectivity index (χ1v) is 4.20. The summed E-state index contributed by atoms with van der Waals surface area (Å²) in [7, 11) is 1.75. The summed E-state index contributed by atoms with van der Waals surface area (Å²) in [4.78, 5) is 14.4. The molecule has 0 unspecified atom stereocenters. The zero-order valence-electron chi connectivity index (χ0n) is 6.66. The van der Waals surface area contributed by atoms with Crippen molar-refractivity contribution in [2.45, 2.75) is 0 Å². The summed E-state index contributed by atoms with van der Waals surface area (Å²) in [5, 5.41) is 0.975. The number of nitrogens with zero attached hydrogens (tertiary/aromatic N) is 1. The molecular formula is C8H7AlN2O. The number of aromatic nitrogens is 2. The van der Waals surface area contributed by atoms with Crippen LogP contribution in [0, 0.1) is 0 Å². The minimum Gasteiger partial charge on any atom is -0.357 e. The lowest BCUT2D eigenvalue weighted by Gasteiger charge is -2.01. The van der Waals surface area contributed by atoms with Gasteiger partial charge in [0.15, 0.2) is 16.3 Å². The Morgan fingerprint density at radius 1 is 1.58 bits per heavy atom. The maximum Gasteiger partial charge on any atom is 0.274 e. The number of nitrogens with one attached hydrogen (secondary N) is 1. The van der Waals surface area contributed by atoms with E-state index in [9.17, 15) is 4.79 Å². The van der Waals surface area contributed by atoms with Gasteiger partial charge in [-0.3, -0.25) is 4.79 Å². The molecule has 2 aromatic heterocycles. The van der Waals surface area contributed by atoms with E-state index < -0.39 is 0 Å². The maximum atomic E-state index is 11.5. The summed E-state index contributed by atoms with van der Waals surface area (Å²) in [6, 6.07) is 1.90. The number of hydrogen-bond donors (Lipinski definition) is 1. The molecule has 0 aliphatic heterocycles. The molecule has 0 amide bonds. The first kappa shape index (κ1) is 7.66. The summed E-state index contributed by atoms with van der Waals surface area (Å²) < 4.78 is 2.61. The Morgan fingerprint density at radius 2 is 2.33 bits per heavy atom. The van der Waals surface area contributed by atoms with Crippen LogP contribution in [0.2, 0.25) is 0 Å². The number of aryl methyl sites for hydroxylation is 1. The van der Waals surface area contributed by atoms with Crippen molar-refractivity contribution in [1.82, 2.24) is 9.55 Å². The van der Waals surface area contributed by atoms with E-state index >= 15 is 0 Å². The molecule has 0 atom stereocenters. The van der Waals surface area contributed by atoms with Gasteiger partial charge in [-0.1, -0.05) is 0 Å². The van der Waals surface area contributed by atoms with E-state index in [1.165, 1.54) is 0 Å². The zero-order chi connectivity index (χ0) is 8.72. The van der Waals surface area contributed by atoms with E-state index in [4.69, 9.17) is 0 Å². The molecule has 1 N–H and O–H groups in total. The van der Waals surface area contributed by atoms with Crippen LogP contribution in [0.5, 0.6) is 0 Å². The molecule has 2 aromatic rings. The summed E-state index contributed by atoms with van der Waals surface area (Å²) in [5.41, 5.74) is 0.686. The molecule has 0 aliphatic rings. The molecule has 0 aromatic carbocycles. The lowest BCUT2D eigenvalue weighted by atomic mass is 10.3. The molecule has 4 heteroatoms. The molecule has 0 saturated heterocycles. The summed E-state index contributed by atoms with van der Waals surface area (Å²) >= 11 is 2.61. The molecule has 12 heavy (non-hydrogen) atoms. The Kier molecular flexibility index (Phi) is 1.60. The molecule has 3 nitrogen and oxygen atoms in total. The monoisotopic (exact) mass is 174 g/mol. The molecule has 0 saturated carbocycles. The summed E-state index contributed by atoms with van der Waals surface area (Å²) in [5.74, 6) is 0. The van der Waals surface area contributed by atoms with E-state index in [0.717, 1.165) is 9.81 Å². The first-order valence-electron chi connectivity index (χ1n) is 3.62. The van der Waals surface area contributed by atoms with E-state index in [1.54, 1.807) is 17.8 Å². The predicted octanol–water partition coefficient (Wildman–Crippen LogP) is -0.340. The van der Waals surface area contributed by atoms with Crippen LogP contribution in [0.3, 0.4) is 0 Å². The van der Waals surface area contributed by atoms with Gasteiger partial charge in [0.05, 0.1) is 0 Å². The van der Waals surface area contributed by atoms with Crippen molar-refractivity contribution in [3.05, 3.63) is 28.8 Å². The van der Waals surface area contributed by atoms with E-state index in [-0.39, 0.29) is 5.56 Å². The maximum absolute atomic E-state index is 11.5. The smallest absolute Gasteiger partial charge is 0.274 e. The largest absolute Gasteiger partial charge is 0.357 e. The van der Waals surface area contributed by atoms with Gasteiger partial charge in [0.25, 0.3) is 5.56 Å². The third kappa shape index (κ3) is 0.927. The molecule has 0 spiro atoms. The van der Waals surface area contributed by atoms with Crippen molar-refractivity contribution in [3.63, 3.8) is 0 Å². The Hall–Kier alpha value is -0.978. The Labute approximate surface area is 77.4 Å². The second-order valence-electron chi connectivity index (χ2n) is 2.77. The molecule has 2 rings (SSSR count). The predicted molar refractivity (Wildman–Crippen MR) is 48.9 cm³/mol. The second kappa shape index (κ2) is 2.51. The average Bonchev–Trinajstić information content (AvgIpc) is 2.48. The number of fused-ring (bicyclic) bond motifs is 1. The summed E-state index contributed by atoms with van der Waals surface area (Å²) in [6.07, 6.45) is 3.59. The Balaban J connectivity index is 3.07. The van der Waals surface area contributed by atoms with Gasteiger partial charge in [0.1, 0.15) is 5.52 Å². The van der Waals surface area contributed by atoms with Crippen molar-refractivity contribution < 1.29 is 0 Å². The first-order chi connectivity index (χ1) is 5.70. The highest BCUT2D eigenvalue weighted by Gasteiger charge is 2.02. The molecule has 0 fully saturated rings. The fourth-order valence-corrected chi connectivity index (χ4v) is 1.76. The molecule has 2 radical (unpaired) electrons. The topological polar surface area (TPSA) is 37.8 Å². The van der Waals surface area contributed by atoms with Crippen LogP contribution in [0.4, 0.5) is 0 Å². The van der Waals surface area contributed by atoms with Crippen molar-refractivity contribution in [2.75, 3.05) is 0 Å². The molecular weight excluding hydrogens is 167 g/mol. The zero-order valence-corrected chi connectivity index (χ0v) is 7.82. The fraction of sp³-hybridized carbons (Fsp3) is 0.125. The number of aromatic amines is 1. The number of pyridine rings is 1. The standard InChI is InChI=1S/C8H7N2O.Al/c1-10-5-3-6-2-4-9-7(6)8(10)11;/h2,4-5,9H,1H3;. The van der Waals surface area contributed by atoms with Gasteiger partial charge in [-0.2, -0.15) is 0 Å². The van der Waals surface area contributed by atoms with Crippen LogP contribution in [0.15, 0.2) is 23.3 Å². The number of rotatable bonds is 0. The van der Waals surface area contributed by atoms with Gasteiger partial charge in [-0.05, 0) is 17.6 Å². The normalized spacial score (nSPS) is 10.8. The van der Waals surface area contributed by atoms with Crippen molar-refractivity contribution in [2.24, 2.45) is 7.05 Å². The highest BCUT2D eigenvalue weighted by molar-refractivity contribution is 6.38. The lowest BCUT2D eigenvalue weighted by molar-refractivity contribution is 0.875. The van der Waals surface area contributed by atoms with Crippen LogP contribution in [0.1, 0.15) is 0 Å². The number of H-pyrrole nitrogens is 1. The third-order valence-electron chi connectivity index (χ3n) is 1.92. The molecule has 0 aliphatic carbocycles. The van der Waals surface area contributed by atoms with Crippen LogP contribution < -0.4 is 9.98 Å². The lowest BCUT2D eigenvalue weighted by Crippen LogP contribution is -2.22. The minimum atomic E-state index is 0.0150. The average molecular weight is 174 g/mol. The van der Waals surface area contributed by atoms with E-state index in [1.807, 2.05) is 12.3 Å². The fourth-order valence-electron chi connectivity index (χ4n) is 1.30. The Morgan fingerprint density at radius 3 is 3.08 bits per heavy atom. The van der Waals surface area contributed by atoms with Crippen LogP contribution >= 0.6 is 0 Å². The van der Waals surface area contributed by atoms with Crippen LogP contribution in [0.25, 0.3) is 10.9 Å². The molecule has 58 valence electrons. The van der Waals surface area contributed by atoms with Gasteiger partial charge >= 0.3 is 0 Å². The Bertz CT molecular complexity index is 483.